The molecule has 2 aromatic rings. The molecule has 6 heteroatoms. The maximum atomic E-state index is 6.29. The average molecular weight is 252 g/mol. The number of aryl methyl sites for hydroxylation is 2. The third kappa shape index (κ3) is 2.17. The maximum Gasteiger partial charge on any atom is 0.0909 e. The lowest BCUT2D eigenvalue weighted by Crippen LogP contribution is -2.30. The van der Waals surface area contributed by atoms with Gasteiger partial charge in [0.05, 0.1) is 17.9 Å². The molecule has 1 atom stereocenters. The standard InChI is InChI=1S/C11H14ClN5/c1-7-4-3-5-8(10(7)12)11(15-13)9-6-14-16-17(9)2/h3-6,11,15H,13H2,1-2H3. The molecule has 0 saturated heterocycles. The molecule has 0 fully saturated rings. The Morgan fingerprint density at radius 2 is 2.24 bits per heavy atom. The summed E-state index contributed by atoms with van der Waals surface area (Å²) in [4.78, 5) is 0. The molecule has 0 spiro atoms. The van der Waals surface area contributed by atoms with E-state index >= 15 is 0 Å². The van der Waals surface area contributed by atoms with E-state index in [1.807, 2.05) is 32.2 Å². The van der Waals surface area contributed by atoms with Crippen LogP contribution in [0.3, 0.4) is 0 Å². The highest BCUT2D eigenvalue weighted by Crippen LogP contribution is 2.29. The Labute approximate surface area is 105 Å². The van der Waals surface area contributed by atoms with Crippen molar-refractivity contribution in [1.82, 2.24) is 20.4 Å². The third-order valence-corrected chi connectivity index (χ3v) is 3.26. The van der Waals surface area contributed by atoms with Crippen molar-refractivity contribution < 1.29 is 0 Å². The molecule has 2 rings (SSSR count). The summed E-state index contributed by atoms with van der Waals surface area (Å²) in [7, 11) is 1.82. The van der Waals surface area contributed by atoms with E-state index < -0.39 is 0 Å². The van der Waals surface area contributed by atoms with Crippen LogP contribution in [0.15, 0.2) is 24.4 Å². The van der Waals surface area contributed by atoms with Crippen LogP contribution in [-0.4, -0.2) is 15.0 Å². The zero-order valence-electron chi connectivity index (χ0n) is 9.68. The van der Waals surface area contributed by atoms with Gasteiger partial charge in [0.1, 0.15) is 0 Å². The van der Waals surface area contributed by atoms with Gasteiger partial charge in [-0.25, -0.2) is 5.43 Å². The Balaban J connectivity index is 2.50. The van der Waals surface area contributed by atoms with Crippen LogP contribution in [0, 0.1) is 6.92 Å². The minimum Gasteiger partial charge on any atom is -0.271 e. The molecule has 17 heavy (non-hydrogen) atoms. The Morgan fingerprint density at radius 3 is 2.82 bits per heavy atom. The van der Waals surface area contributed by atoms with Gasteiger partial charge in [0.2, 0.25) is 0 Å². The first-order valence-corrected chi connectivity index (χ1v) is 5.58. The minimum absolute atomic E-state index is 0.220. The zero-order chi connectivity index (χ0) is 12.4. The molecule has 1 aromatic heterocycles. The van der Waals surface area contributed by atoms with Gasteiger partial charge in [0, 0.05) is 12.1 Å². The van der Waals surface area contributed by atoms with Crippen LogP contribution in [0.4, 0.5) is 0 Å². The number of hydrogen-bond donors (Lipinski definition) is 2. The first-order valence-electron chi connectivity index (χ1n) is 5.21. The quantitative estimate of drug-likeness (QED) is 0.638. The fourth-order valence-corrected chi connectivity index (χ4v) is 2.02. The summed E-state index contributed by atoms with van der Waals surface area (Å²) in [6.45, 7) is 1.96. The number of hydrazine groups is 1. The first kappa shape index (κ1) is 12.0. The van der Waals surface area contributed by atoms with Crippen LogP contribution in [0.1, 0.15) is 22.9 Å². The van der Waals surface area contributed by atoms with Crippen molar-refractivity contribution in [2.24, 2.45) is 12.9 Å². The lowest BCUT2D eigenvalue weighted by atomic mass is 10.0. The number of hydrogen-bond acceptors (Lipinski definition) is 4. The van der Waals surface area contributed by atoms with E-state index in [0.29, 0.717) is 5.02 Å². The molecular weight excluding hydrogens is 238 g/mol. The third-order valence-electron chi connectivity index (χ3n) is 2.74. The van der Waals surface area contributed by atoms with Crippen molar-refractivity contribution in [3.8, 4) is 0 Å². The summed E-state index contributed by atoms with van der Waals surface area (Å²) in [5, 5.41) is 8.44. The van der Waals surface area contributed by atoms with Crippen LogP contribution in [-0.2, 0) is 7.05 Å². The SMILES string of the molecule is Cc1cccc(C(NN)c2cnnn2C)c1Cl. The summed E-state index contributed by atoms with van der Waals surface area (Å²) in [5.41, 5.74) is 5.54. The van der Waals surface area contributed by atoms with Gasteiger partial charge in [-0.1, -0.05) is 35.0 Å². The van der Waals surface area contributed by atoms with Crippen molar-refractivity contribution in [3.05, 3.63) is 46.2 Å². The topological polar surface area (TPSA) is 68.8 Å². The van der Waals surface area contributed by atoms with Gasteiger partial charge in [-0.3, -0.25) is 10.5 Å². The summed E-state index contributed by atoms with van der Waals surface area (Å²) in [5.74, 6) is 5.61. The molecule has 0 bridgehead atoms. The van der Waals surface area contributed by atoms with E-state index in [-0.39, 0.29) is 6.04 Å². The van der Waals surface area contributed by atoms with Gasteiger partial charge in [0.25, 0.3) is 0 Å². The number of benzene rings is 1. The average Bonchev–Trinajstić information content (AvgIpc) is 2.72. The van der Waals surface area contributed by atoms with Gasteiger partial charge in [-0.05, 0) is 18.1 Å². The predicted molar refractivity (Wildman–Crippen MR) is 66.4 cm³/mol. The van der Waals surface area contributed by atoms with Crippen molar-refractivity contribution in [1.29, 1.82) is 0 Å². The molecular formula is C11H14ClN5. The molecule has 1 aromatic carbocycles. The van der Waals surface area contributed by atoms with E-state index in [2.05, 4.69) is 15.7 Å². The Kier molecular flexibility index (Phi) is 3.42. The van der Waals surface area contributed by atoms with Crippen LogP contribution in [0.2, 0.25) is 5.02 Å². The maximum absolute atomic E-state index is 6.29. The fraction of sp³-hybridized carbons (Fsp3) is 0.273. The molecule has 3 N–H and O–H groups in total. The first-order chi connectivity index (χ1) is 8.15. The number of rotatable bonds is 3. The van der Waals surface area contributed by atoms with Gasteiger partial charge in [-0.2, -0.15) is 0 Å². The van der Waals surface area contributed by atoms with Crippen molar-refractivity contribution >= 4 is 11.6 Å². The molecule has 1 heterocycles. The smallest absolute Gasteiger partial charge is 0.0909 e. The van der Waals surface area contributed by atoms with Gasteiger partial charge in [-0.15, -0.1) is 5.10 Å². The number of nitrogens with two attached hydrogens (primary N) is 1. The lowest BCUT2D eigenvalue weighted by Gasteiger charge is -2.18. The normalized spacial score (nSPS) is 12.7. The molecule has 0 amide bonds. The van der Waals surface area contributed by atoms with Crippen molar-refractivity contribution in [2.45, 2.75) is 13.0 Å². The van der Waals surface area contributed by atoms with Crippen LogP contribution in [0.25, 0.3) is 0 Å². The summed E-state index contributed by atoms with van der Waals surface area (Å²) < 4.78 is 1.67. The zero-order valence-corrected chi connectivity index (χ0v) is 10.4. The highest BCUT2D eigenvalue weighted by Gasteiger charge is 2.19. The van der Waals surface area contributed by atoms with Gasteiger partial charge >= 0.3 is 0 Å². The highest BCUT2D eigenvalue weighted by atomic mass is 35.5. The molecule has 5 nitrogen and oxygen atoms in total. The second-order valence-corrected chi connectivity index (χ2v) is 4.24. The summed E-state index contributed by atoms with van der Waals surface area (Å²) in [6, 6.07) is 5.63. The summed E-state index contributed by atoms with van der Waals surface area (Å²) in [6.07, 6.45) is 1.67. The predicted octanol–water partition coefficient (Wildman–Crippen LogP) is 1.33. The molecule has 1 unspecified atom stereocenters. The van der Waals surface area contributed by atoms with E-state index in [1.54, 1.807) is 10.9 Å². The van der Waals surface area contributed by atoms with Crippen LogP contribution in [0.5, 0.6) is 0 Å². The Bertz CT molecular complexity index is 522. The van der Waals surface area contributed by atoms with Crippen molar-refractivity contribution in [2.75, 3.05) is 0 Å². The van der Waals surface area contributed by atoms with Gasteiger partial charge in [0.15, 0.2) is 0 Å². The van der Waals surface area contributed by atoms with Crippen LogP contribution < -0.4 is 11.3 Å². The number of nitrogens with zero attached hydrogens (tertiary/aromatic N) is 3. The monoisotopic (exact) mass is 251 g/mol. The Morgan fingerprint density at radius 1 is 1.47 bits per heavy atom. The molecule has 0 aliphatic rings. The molecule has 0 aliphatic carbocycles. The molecule has 0 aliphatic heterocycles. The minimum atomic E-state index is -0.220. The molecule has 0 radical (unpaired) electrons. The second kappa shape index (κ2) is 4.83. The second-order valence-electron chi connectivity index (χ2n) is 3.86. The Hall–Kier alpha value is -1.43. The van der Waals surface area contributed by atoms with E-state index in [1.165, 1.54) is 0 Å². The van der Waals surface area contributed by atoms with E-state index in [4.69, 9.17) is 17.4 Å². The van der Waals surface area contributed by atoms with E-state index in [0.717, 1.165) is 16.8 Å². The summed E-state index contributed by atoms with van der Waals surface area (Å²) >= 11 is 6.29. The lowest BCUT2D eigenvalue weighted by molar-refractivity contribution is 0.570. The van der Waals surface area contributed by atoms with Crippen molar-refractivity contribution in [3.63, 3.8) is 0 Å². The number of aromatic nitrogens is 3. The number of halogens is 1. The van der Waals surface area contributed by atoms with E-state index in [9.17, 15) is 0 Å². The largest absolute Gasteiger partial charge is 0.271 e. The van der Waals surface area contributed by atoms with Gasteiger partial charge < -0.3 is 0 Å². The van der Waals surface area contributed by atoms with Crippen LogP contribution >= 0.6 is 11.6 Å². The highest BCUT2D eigenvalue weighted by molar-refractivity contribution is 6.32. The number of nitrogens with one attached hydrogen (secondary N) is 1. The molecule has 0 saturated carbocycles. The fourth-order valence-electron chi connectivity index (χ4n) is 1.79. The molecule has 90 valence electrons.